The number of amides is 3. The Hall–Kier alpha value is -4.77. The van der Waals surface area contributed by atoms with E-state index in [0.29, 0.717) is 27.9 Å². The summed E-state index contributed by atoms with van der Waals surface area (Å²) < 4.78 is 21.6. The Morgan fingerprint density at radius 1 is 1.07 bits per heavy atom. The van der Waals surface area contributed by atoms with Crippen molar-refractivity contribution in [2.75, 3.05) is 12.4 Å². The number of primary amides is 1. The van der Waals surface area contributed by atoms with E-state index in [1.807, 2.05) is 0 Å². The van der Waals surface area contributed by atoms with Crippen LogP contribution in [0.1, 0.15) is 33.7 Å². The predicted molar refractivity (Wildman–Crippen MR) is 152 cm³/mol. The van der Waals surface area contributed by atoms with Gasteiger partial charge in [-0.15, -0.1) is 0 Å². The molecule has 0 radical (unpaired) electrons. The van der Waals surface area contributed by atoms with E-state index in [1.165, 1.54) is 34.9 Å². The minimum Gasteiger partial charge on any atom is -0.465 e. The molecule has 1 aromatic heterocycles. The average Bonchev–Trinajstić information content (AvgIpc) is 3.48. The standard InChI is InChI=1S/C30H25ClFN5O5/c1-42-30(41)15-9-10-22-19(11-15)27(28(33)39)35-36(22)14-25(38)37-23-12-16(23)13-24(37)29(40)34-21-8-4-6-18(26(21)32)17-5-2-3-7-20(17)31/h2-11,16,23-24H,12-14H2,1H3,(H2,33,39)(H,34,40)/t16-,23-,24+/m1/s1. The van der Waals surface area contributed by atoms with E-state index >= 15 is 4.39 Å². The van der Waals surface area contributed by atoms with Crippen LogP contribution in [-0.2, 0) is 20.9 Å². The fourth-order valence-corrected chi connectivity index (χ4v) is 5.96. The lowest BCUT2D eigenvalue weighted by Gasteiger charge is -2.27. The molecule has 0 spiro atoms. The van der Waals surface area contributed by atoms with E-state index in [0.717, 1.165) is 6.42 Å². The van der Waals surface area contributed by atoms with Gasteiger partial charge in [0.2, 0.25) is 11.8 Å². The highest BCUT2D eigenvalue weighted by molar-refractivity contribution is 6.33. The van der Waals surface area contributed by atoms with E-state index in [9.17, 15) is 19.2 Å². The van der Waals surface area contributed by atoms with Crippen LogP contribution in [0.15, 0.2) is 60.7 Å². The van der Waals surface area contributed by atoms with Crippen molar-refractivity contribution in [3.8, 4) is 11.1 Å². The zero-order chi connectivity index (χ0) is 29.7. The molecule has 4 aromatic rings. The summed E-state index contributed by atoms with van der Waals surface area (Å²) >= 11 is 6.27. The van der Waals surface area contributed by atoms with Crippen molar-refractivity contribution in [3.63, 3.8) is 0 Å². The quantitative estimate of drug-likeness (QED) is 0.313. The zero-order valence-electron chi connectivity index (χ0n) is 22.3. The third kappa shape index (κ3) is 4.75. The van der Waals surface area contributed by atoms with Crippen LogP contribution in [-0.4, -0.2) is 57.6 Å². The maximum Gasteiger partial charge on any atom is 0.337 e. The number of benzene rings is 3. The third-order valence-corrected chi connectivity index (χ3v) is 8.14. The van der Waals surface area contributed by atoms with E-state index in [2.05, 4.69) is 10.4 Å². The first-order valence-corrected chi connectivity index (χ1v) is 13.6. The van der Waals surface area contributed by atoms with Crippen LogP contribution < -0.4 is 11.1 Å². The van der Waals surface area contributed by atoms with Gasteiger partial charge in [-0.3, -0.25) is 19.1 Å². The number of likely N-dealkylation sites (tertiary alicyclic amines) is 1. The Balaban J connectivity index is 1.25. The smallest absolute Gasteiger partial charge is 0.337 e. The van der Waals surface area contributed by atoms with Gasteiger partial charge in [0.25, 0.3) is 5.91 Å². The van der Waals surface area contributed by atoms with Crippen molar-refractivity contribution in [3.05, 3.63) is 82.8 Å². The van der Waals surface area contributed by atoms with E-state index in [1.54, 1.807) is 42.5 Å². The molecule has 1 saturated heterocycles. The maximum absolute atomic E-state index is 15.5. The van der Waals surface area contributed by atoms with Crippen LogP contribution in [0.25, 0.3) is 22.0 Å². The topological polar surface area (TPSA) is 137 Å². The molecule has 1 aliphatic heterocycles. The molecule has 3 N–H and O–H groups in total. The van der Waals surface area contributed by atoms with Gasteiger partial charge >= 0.3 is 5.97 Å². The number of esters is 1. The van der Waals surface area contributed by atoms with Gasteiger partial charge in [0.1, 0.15) is 12.6 Å². The molecule has 3 aromatic carbocycles. The van der Waals surface area contributed by atoms with Crippen molar-refractivity contribution in [2.45, 2.75) is 31.5 Å². The molecule has 2 fully saturated rings. The number of hydrogen-bond acceptors (Lipinski definition) is 6. The third-order valence-electron chi connectivity index (χ3n) is 7.81. The Morgan fingerprint density at radius 2 is 1.83 bits per heavy atom. The molecule has 1 saturated carbocycles. The first-order chi connectivity index (χ1) is 20.2. The van der Waals surface area contributed by atoms with Crippen LogP contribution >= 0.6 is 11.6 Å². The van der Waals surface area contributed by atoms with Gasteiger partial charge in [0, 0.05) is 27.6 Å². The van der Waals surface area contributed by atoms with Crippen molar-refractivity contribution in [2.24, 2.45) is 11.7 Å². The number of rotatable bonds is 7. The Labute approximate surface area is 244 Å². The number of methoxy groups -OCH3 is 1. The molecule has 2 heterocycles. The highest BCUT2D eigenvalue weighted by Gasteiger charge is 2.56. The normalized spacial score (nSPS) is 18.9. The fraction of sp³-hybridized carbons (Fsp3) is 0.233. The van der Waals surface area contributed by atoms with Gasteiger partial charge in [-0.2, -0.15) is 5.10 Å². The molecular formula is C30H25ClFN5O5. The second kappa shape index (κ2) is 10.6. The maximum atomic E-state index is 15.5. The minimum absolute atomic E-state index is 0.0176. The summed E-state index contributed by atoms with van der Waals surface area (Å²) in [6.45, 7) is -0.273. The van der Waals surface area contributed by atoms with Crippen molar-refractivity contribution in [1.82, 2.24) is 14.7 Å². The second-order valence-corrected chi connectivity index (χ2v) is 10.8. The Kier molecular flexibility index (Phi) is 6.90. The van der Waals surface area contributed by atoms with Gasteiger partial charge in [-0.1, -0.05) is 41.9 Å². The van der Waals surface area contributed by atoms with Crippen LogP contribution in [0.5, 0.6) is 0 Å². The lowest BCUT2D eigenvalue weighted by molar-refractivity contribution is -0.138. The number of ether oxygens (including phenoxy) is 1. The van der Waals surface area contributed by atoms with Crippen LogP contribution in [0.3, 0.4) is 0 Å². The van der Waals surface area contributed by atoms with E-state index in [4.69, 9.17) is 22.1 Å². The Bertz CT molecular complexity index is 1790. The van der Waals surface area contributed by atoms with Gasteiger partial charge < -0.3 is 20.7 Å². The molecule has 214 valence electrons. The van der Waals surface area contributed by atoms with Crippen LogP contribution in [0.2, 0.25) is 5.02 Å². The lowest BCUT2D eigenvalue weighted by atomic mass is 10.0. The van der Waals surface area contributed by atoms with E-state index in [-0.39, 0.29) is 46.9 Å². The summed E-state index contributed by atoms with van der Waals surface area (Å²) in [6.07, 6.45) is 1.21. The van der Waals surface area contributed by atoms with Gasteiger partial charge in [-0.25, -0.2) is 9.18 Å². The summed E-state index contributed by atoms with van der Waals surface area (Å²) in [5, 5.41) is 7.58. The molecule has 6 rings (SSSR count). The molecule has 10 nitrogen and oxygen atoms in total. The molecule has 3 atom stereocenters. The molecule has 0 bridgehead atoms. The molecule has 2 aliphatic rings. The number of aromatic nitrogens is 2. The summed E-state index contributed by atoms with van der Waals surface area (Å²) in [7, 11) is 1.24. The number of fused-ring (bicyclic) bond motifs is 2. The van der Waals surface area contributed by atoms with Gasteiger partial charge in [0.05, 0.1) is 23.9 Å². The number of piperidine rings is 1. The number of carbonyl (C=O) groups excluding carboxylic acids is 4. The fourth-order valence-electron chi connectivity index (χ4n) is 5.72. The zero-order valence-corrected chi connectivity index (χ0v) is 23.1. The summed E-state index contributed by atoms with van der Waals surface area (Å²) in [6, 6.07) is 15.0. The molecule has 42 heavy (non-hydrogen) atoms. The molecule has 0 unspecified atom stereocenters. The number of hydrogen-bond donors (Lipinski definition) is 2. The summed E-state index contributed by atoms with van der Waals surface area (Å²) in [5.74, 6) is -2.78. The number of anilines is 1. The number of carbonyl (C=O) groups is 4. The van der Waals surface area contributed by atoms with Crippen molar-refractivity contribution >= 4 is 51.9 Å². The van der Waals surface area contributed by atoms with Crippen molar-refractivity contribution < 1.29 is 28.3 Å². The number of halogens is 2. The number of nitrogens with two attached hydrogens (primary N) is 1. The predicted octanol–water partition coefficient (Wildman–Crippen LogP) is 4.01. The Morgan fingerprint density at radius 3 is 2.57 bits per heavy atom. The van der Waals surface area contributed by atoms with E-state index < -0.39 is 29.6 Å². The monoisotopic (exact) mass is 589 g/mol. The van der Waals surface area contributed by atoms with Crippen LogP contribution in [0.4, 0.5) is 10.1 Å². The lowest BCUT2D eigenvalue weighted by Crippen LogP contribution is -2.46. The van der Waals surface area contributed by atoms with Gasteiger partial charge in [-0.05, 0) is 49.1 Å². The number of nitrogens with one attached hydrogen (secondary N) is 1. The SMILES string of the molecule is COC(=O)c1ccc2c(c1)c(C(N)=O)nn2CC(=O)N1[C@@H]2C[C@@H]2C[C@H]1C(=O)Nc1cccc(-c2ccccc2Cl)c1F. The summed E-state index contributed by atoms with van der Waals surface area (Å²) in [4.78, 5) is 52.7. The first-order valence-electron chi connectivity index (χ1n) is 13.2. The van der Waals surface area contributed by atoms with Crippen molar-refractivity contribution in [1.29, 1.82) is 0 Å². The minimum atomic E-state index is -0.824. The molecule has 1 aliphatic carbocycles. The molecular weight excluding hydrogens is 565 g/mol. The average molecular weight is 590 g/mol. The second-order valence-electron chi connectivity index (χ2n) is 10.3. The largest absolute Gasteiger partial charge is 0.465 e. The highest BCUT2D eigenvalue weighted by Crippen LogP contribution is 2.48. The molecule has 12 heteroatoms. The first kappa shape index (κ1) is 27.4. The number of nitrogens with zero attached hydrogens (tertiary/aromatic N) is 3. The highest BCUT2D eigenvalue weighted by atomic mass is 35.5. The summed E-state index contributed by atoms with van der Waals surface area (Å²) in [5.41, 5.74) is 6.75. The molecule has 3 amide bonds. The van der Waals surface area contributed by atoms with Gasteiger partial charge in [0.15, 0.2) is 11.5 Å². The van der Waals surface area contributed by atoms with Crippen LogP contribution in [0, 0.1) is 11.7 Å².